The highest BCUT2D eigenvalue weighted by Gasteiger charge is 2.06. The highest BCUT2D eigenvalue weighted by molar-refractivity contribution is 6.29. The summed E-state index contributed by atoms with van der Waals surface area (Å²) in [7, 11) is 3.51. The van der Waals surface area contributed by atoms with E-state index in [1.807, 2.05) is 36.2 Å². The van der Waals surface area contributed by atoms with Gasteiger partial charge in [-0.05, 0) is 24.3 Å². The second-order valence-electron chi connectivity index (χ2n) is 4.35. The molecule has 21 heavy (non-hydrogen) atoms. The Hall–Kier alpha value is -2.21. The first-order valence-corrected chi connectivity index (χ1v) is 6.74. The molecule has 0 fully saturated rings. The first-order chi connectivity index (χ1) is 10.1. The lowest BCUT2D eigenvalue weighted by molar-refractivity contribution is 0.324. The topological polar surface area (TPSA) is 73.5 Å². The van der Waals surface area contributed by atoms with Gasteiger partial charge in [-0.1, -0.05) is 11.6 Å². The number of likely N-dealkylation sites (N-methyl/N-ethyl adjacent to an activating group) is 1. The number of nitrogen functional groups attached to an aromatic ring is 1. The van der Waals surface area contributed by atoms with Gasteiger partial charge in [0.2, 0.25) is 5.95 Å². The lowest BCUT2D eigenvalue weighted by Crippen LogP contribution is -2.25. The highest BCUT2D eigenvalue weighted by Crippen LogP contribution is 2.18. The Morgan fingerprint density at radius 2 is 1.86 bits per heavy atom. The van der Waals surface area contributed by atoms with Gasteiger partial charge in [0.25, 0.3) is 0 Å². The van der Waals surface area contributed by atoms with E-state index < -0.39 is 0 Å². The quantitative estimate of drug-likeness (QED) is 0.825. The van der Waals surface area contributed by atoms with E-state index in [2.05, 4.69) is 9.97 Å². The van der Waals surface area contributed by atoms with Gasteiger partial charge in [0, 0.05) is 13.1 Å². The van der Waals surface area contributed by atoms with Crippen LogP contribution in [0.15, 0.2) is 30.3 Å². The number of benzene rings is 1. The van der Waals surface area contributed by atoms with Gasteiger partial charge in [-0.25, -0.2) is 4.98 Å². The average molecular weight is 309 g/mol. The molecule has 0 saturated heterocycles. The van der Waals surface area contributed by atoms with Gasteiger partial charge in [0.15, 0.2) is 0 Å². The second-order valence-corrected chi connectivity index (χ2v) is 4.74. The molecular weight excluding hydrogens is 292 g/mol. The Morgan fingerprint density at radius 1 is 1.19 bits per heavy atom. The van der Waals surface area contributed by atoms with Crippen LogP contribution >= 0.6 is 11.6 Å². The predicted molar refractivity (Wildman–Crippen MR) is 83.2 cm³/mol. The number of hydrogen-bond donors (Lipinski definition) is 1. The van der Waals surface area contributed by atoms with Gasteiger partial charge in [0.05, 0.1) is 13.7 Å². The Kier molecular flexibility index (Phi) is 5.05. The fourth-order valence-corrected chi connectivity index (χ4v) is 1.89. The molecule has 0 aliphatic carbocycles. The summed E-state index contributed by atoms with van der Waals surface area (Å²) in [6, 6.07) is 9.08. The van der Waals surface area contributed by atoms with Gasteiger partial charge >= 0.3 is 0 Å². The van der Waals surface area contributed by atoms with Crippen molar-refractivity contribution in [3.05, 3.63) is 35.5 Å². The van der Waals surface area contributed by atoms with Crippen molar-refractivity contribution < 1.29 is 9.47 Å². The molecule has 0 atom stereocenters. The summed E-state index contributed by atoms with van der Waals surface area (Å²) in [5.41, 5.74) is 5.57. The normalized spacial score (nSPS) is 10.2. The van der Waals surface area contributed by atoms with Gasteiger partial charge in [-0.2, -0.15) is 4.98 Å². The Labute approximate surface area is 128 Å². The number of nitrogens with zero attached hydrogens (tertiary/aromatic N) is 3. The molecule has 1 aromatic heterocycles. The minimum absolute atomic E-state index is 0.153. The molecule has 0 saturated carbocycles. The smallest absolute Gasteiger partial charge is 0.223 e. The van der Waals surface area contributed by atoms with Crippen molar-refractivity contribution in [1.29, 1.82) is 0 Å². The molecule has 1 heterocycles. The van der Waals surface area contributed by atoms with Crippen molar-refractivity contribution in [2.24, 2.45) is 0 Å². The number of nitrogens with two attached hydrogens (primary N) is 1. The first kappa shape index (κ1) is 15.2. The maximum absolute atomic E-state index is 5.85. The number of halogens is 1. The summed E-state index contributed by atoms with van der Waals surface area (Å²) in [5.74, 6) is 2.39. The maximum Gasteiger partial charge on any atom is 0.223 e. The van der Waals surface area contributed by atoms with E-state index >= 15 is 0 Å². The third-order valence-electron chi connectivity index (χ3n) is 2.84. The molecule has 6 nitrogen and oxygen atoms in total. The van der Waals surface area contributed by atoms with Crippen molar-refractivity contribution >= 4 is 23.4 Å². The van der Waals surface area contributed by atoms with E-state index in [0.717, 1.165) is 11.5 Å². The molecule has 2 aromatic rings. The zero-order valence-corrected chi connectivity index (χ0v) is 12.7. The molecule has 2 rings (SSSR count). The summed E-state index contributed by atoms with van der Waals surface area (Å²) in [6.45, 7) is 1.14. The fraction of sp³-hybridized carbons (Fsp3) is 0.286. The molecule has 0 unspecified atom stereocenters. The van der Waals surface area contributed by atoms with Crippen LogP contribution < -0.4 is 20.1 Å². The monoisotopic (exact) mass is 308 g/mol. The molecule has 0 spiro atoms. The lowest BCUT2D eigenvalue weighted by atomic mass is 10.3. The molecule has 0 bridgehead atoms. The zero-order chi connectivity index (χ0) is 15.2. The zero-order valence-electron chi connectivity index (χ0n) is 11.9. The van der Waals surface area contributed by atoms with Gasteiger partial charge in [0.1, 0.15) is 29.1 Å². The van der Waals surface area contributed by atoms with Gasteiger partial charge in [-0.15, -0.1) is 0 Å². The van der Waals surface area contributed by atoms with Crippen molar-refractivity contribution in [3.8, 4) is 11.5 Å². The van der Waals surface area contributed by atoms with Crippen molar-refractivity contribution in [1.82, 2.24) is 9.97 Å². The molecular formula is C14H17ClN4O2. The number of methoxy groups -OCH3 is 1. The van der Waals surface area contributed by atoms with Gasteiger partial charge < -0.3 is 20.1 Å². The second kappa shape index (κ2) is 6.99. The maximum atomic E-state index is 5.85. The summed E-state index contributed by atoms with van der Waals surface area (Å²) in [6.07, 6.45) is 0. The highest BCUT2D eigenvalue weighted by atomic mass is 35.5. The number of aromatic nitrogens is 2. The van der Waals surface area contributed by atoms with Crippen LogP contribution in [0.25, 0.3) is 0 Å². The van der Waals surface area contributed by atoms with E-state index in [1.165, 1.54) is 0 Å². The minimum Gasteiger partial charge on any atom is -0.497 e. The summed E-state index contributed by atoms with van der Waals surface area (Å²) in [5, 5.41) is 0.320. The predicted octanol–water partition coefficient (Wildman–Crippen LogP) is 2.24. The number of anilines is 2. The summed E-state index contributed by atoms with van der Waals surface area (Å²) >= 11 is 5.85. The number of hydrogen-bond acceptors (Lipinski definition) is 6. The molecule has 0 radical (unpaired) electrons. The molecule has 1 aromatic carbocycles. The summed E-state index contributed by atoms with van der Waals surface area (Å²) < 4.78 is 10.7. The third-order valence-corrected chi connectivity index (χ3v) is 3.04. The van der Waals surface area contributed by atoms with Crippen molar-refractivity contribution in [2.45, 2.75) is 0 Å². The van der Waals surface area contributed by atoms with E-state index in [-0.39, 0.29) is 5.95 Å². The molecule has 2 N–H and O–H groups in total. The van der Waals surface area contributed by atoms with Crippen LogP contribution in [0.4, 0.5) is 11.8 Å². The van der Waals surface area contributed by atoms with Crippen LogP contribution in [0, 0.1) is 0 Å². The summed E-state index contributed by atoms with van der Waals surface area (Å²) in [4.78, 5) is 9.84. The molecule has 112 valence electrons. The van der Waals surface area contributed by atoms with Crippen molar-refractivity contribution in [3.63, 3.8) is 0 Å². The largest absolute Gasteiger partial charge is 0.497 e. The minimum atomic E-state index is 0.153. The van der Waals surface area contributed by atoms with Crippen LogP contribution in [-0.4, -0.2) is 37.3 Å². The Morgan fingerprint density at radius 3 is 2.48 bits per heavy atom. The molecule has 0 amide bonds. The third kappa shape index (κ3) is 4.39. The fourth-order valence-electron chi connectivity index (χ4n) is 1.71. The van der Waals surface area contributed by atoms with E-state index in [1.54, 1.807) is 13.2 Å². The molecule has 7 heteroatoms. The van der Waals surface area contributed by atoms with Crippen LogP contribution in [-0.2, 0) is 0 Å². The molecule has 0 aliphatic rings. The van der Waals surface area contributed by atoms with E-state index in [9.17, 15) is 0 Å². The van der Waals surface area contributed by atoms with Crippen LogP contribution in [0.5, 0.6) is 11.5 Å². The average Bonchev–Trinajstić information content (AvgIpc) is 2.47. The SMILES string of the molecule is COc1ccc(OCCN(C)c2cc(Cl)nc(N)n2)cc1. The van der Waals surface area contributed by atoms with Crippen LogP contribution in [0.1, 0.15) is 0 Å². The lowest BCUT2D eigenvalue weighted by Gasteiger charge is -2.18. The standard InChI is InChI=1S/C14H17ClN4O2/c1-19(13-9-12(15)17-14(16)18-13)7-8-21-11-5-3-10(20-2)4-6-11/h3-6,9H,7-8H2,1-2H3,(H2,16,17,18). The Bertz CT molecular complexity index is 572. The van der Waals surface area contributed by atoms with E-state index in [4.69, 9.17) is 26.8 Å². The van der Waals surface area contributed by atoms with Crippen LogP contribution in [0.3, 0.4) is 0 Å². The molecule has 0 aliphatic heterocycles. The first-order valence-electron chi connectivity index (χ1n) is 6.36. The van der Waals surface area contributed by atoms with E-state index in [0.29, 0.717) is 24.1 Å². The van der Waals surface area contributed by atoms with Gasteiger partial charge in [-0.3, -0.25) is 0 Å². The number of ether oxygens (including phenoxy) is 2. The van der Waals surface area contributed by atoms with Crippen molar-refractivity contribution in [2.75, 3.05) is 37.9 Å². The van der Waals surface area contributed by atoms with Crippen LogP contribution in [0.2, 0.25) is 5.15 Å². The number of rotatable bonds is 6. The Balaban J connectivity index is 1.87.